The Morgan fingerprint density at radius 3 is 2.73 bits per heavy atom. The highest BCUT2D eigenvalue weighted by atomic mass is 19.3. The molecule has 1 aromatic heterocycles. The van der Waals surface area contributed by atoms with Crippen LogP contribution in [0.4, 0.5) is 8.78 Å². The highest BCUT2D eigenvalue weighted by Crippen LogP contribution is 2.24. The summed E-state index contributed by atoms with van der Waals surface area (Å²) in [5.74, 6) is -0.264. The average Bonchev–Trinajstić information content (AvgIpc) is 2.26. The quantitative estimate of drug-likeness (QED) is 0.715. The molecule has 0 aromatic carbocycles. The smallest absolute Gasteiger partial charge is 0.280 e. The lowest BCUT2D eigenvalue weighted by Gasteiger charge is -2.06. The van der Waals surface area contributed by atoms with Gasteiger partial charge in [0, 0.05) is 0 Å². The fourth-order valence-electron chi connectivity index (χ4n) is 1.02. The normalized spacial score (nSPS) is 9.80. The minimum Gasteiger partial charge on any atom is -0.480 e. The molecule has 4 nitrogen and oxygen atoms in total. The standard InChI is InChI=1S/C9H6F2N2O2/c1-15-9-6(4-14)5(3-12)2-7(13-9)8(10)11/h2,4,8H,1H3. The Labute approximate surface area is 84.1 Å². The van der Waals surface area contributed by atoms with Gasteiger partial charge in [-0.1, -0.05) is 0 Å². The van der Waals surface area contributed by atoms with E-state index < -0.39 is 12.1 Å². The Kier molecular flexibility index (Phi) is 3.29. The summed E-state index contributed by atoms with van der Waals surface area (Å²) >= 11 is 0. The Morgan fingerprint density at radius 2 is 2.33 bits per heavy atom. The molecule has 0 aliphatic carbocycles. The molecule has 0 aliphatic rings. The zero-order valence-electron chi connectivity index (χ0n) is 7.70. The van der Waals surface area contributed by atoms with Crippen LogP contribution in [-0.4, -0.2) is 18.4 Å². The first-order valence-corrected chi connectivity index (χ1v) is 3.86. The fourth-order valence-corrected chi connectivity index (χ4v) is 1.02. The van der Waals surface area contributed by atoms with Crippen LogP contribution in [0.5, 0.6) is 5.88 Å². The zero-order valence-corrected chi connectivity index (χ0v) is 7.70. The van der Waals surface area contributed by atoms with Crippen molar-refractivity contribution in [1.82, 2.24) is 4.98 Å². The summed E-state index contributed by atoms with van der Waals surface area (Å²) in [6.45, 7) is 0. The van der Waals surface area contributed by atoms with Crippen molar-refractivity contribution in [2.45, 2.75) is 6.43 Å². The van der Waals surface area contributed by atoms with E-state index in [1.165, 1.54) is 7.11 Å². The van der Waals surface area contributed by atoms with Crippen LogP contribution in [0.1, 0.15) is 28.0 Å². The van der Waals surface area contributed by atoms with E-state index in [1.807, 2.05) is 0 Å². The number of ether oxygens (including phenoxy) is 1. The molecule has 6 heteroatoms. The minimum atomic E-state index is -2.81. The summed E-state index contributed by atoms with van der Waals surface area (Å²) in [5.41, 5.74) is -0.884. The van der Waals surface area contributed by atoms with Gasteiger partial charge in [-0.15, -0.1) is 0 Å². The number of rotatable bonds is 3. The molecule has 15 heavy (non-hydrogen) atoms. The number of pyridine rings is 1. The van der Waals surface area contributed by atoms with Crippen molar-refractivity contribution in [3.8, 4) is 11.9 Å². The van der Waals surface area contributed by atoms with Crippen LogP contribution in [0, 0.1) is 11.3 Å². The number of nitrogens with zero attached hydrogens (tertiary/aromatic N) is 2. The molecule has 1 rings (SSSR count). The molecule has 1 heterocycles. The van der Waals surface area contributed by atoms with Gasteiger partial charge in [0.15, 0.2) is 6.29 Å². The van der Waals surface area contributed by atoms with Crippen molar-refractivity contribution in [3.63, 3.8) is 0 Å². The first-order chi connectivity index (χ1) is 7.13. The number of aldehydes is 1. The van der Waals surface area contributed by atoms with Gasteiger partial charge in [-0.25, -0.2) is 13.8 Å². The molecule has 0 bridgehead atoms. The molecule has 0 amide bonds. The molecule has 0 atom stereocenters. The highest BCUT2D eigenvalue weighted by molar-refractivity contribution is 5.82. The van der Waals surface area contributed by atoms with Crippen LogP contribution in [0.15, 0.2) is 6.07 Å². The maximum Gasteiger partial charge on any atom is 0.280 e. The van der Waals surface area contributed by atoms with Crippen LogP contribution < -0.4 is 4.74 Å². The number of hydrogen-bond donors (Lipinski definition) is 0. The lowest BCUT2D eigenvalue weighted by molar-refractivity contribution is 0.111. The number of aromatic nitrogens is 1. The van der Waals surface area contributed by atoms with E-state index in [9.17, 15) is 13.6 Å². The molecule has 0 N–H and O–H groups in total. The van der Waals surface area contributed by atoms with E-state index in [-0.39, 0.29) is 17.0 Å². The predicted molar refractivity (Wildman–Crippen MR) is 45.8 cm³/mol. The van der Waals surface area contributed by atoms with E-state index in [4.69, 9.17) is 5.26 Å². The SMILES string of the molecule is COc1nc(C(F)F)cc(C#N)c1C=O. The van der Waals surface area contributed by atoms with Gasteiger partial charge in [0.1, 0.15) is 11.8 Å². The summed E-state index contributed by atoms with van der Waals surface area (Å²) in [5, 5.41) is 8.64. The fraction of sp³-hybridized carbons (Fsp3) is 0.222. The Hall–Kier alpha value is -2.03. The molecular formula is C9H6F2N2O2. The van der Waals surface area contributed by atoms with E-state index in [1.54, 1.807) is 6.07 Å². The van der Waals surface area contributed by atoms with Gasteiger partial charge in [0.25, 0.3) is 6.43 Å². The van der Waals surface area contributed by atoms with Crippen molar-refractivity contribution in [2.75, 3.05) is 7.11 Å². The Balaban J connectivity index is 3.44. The lowest BCUT2D eigenvalue weighted by Crippen LogP contribution is -2.02. The van der Waals surface area contributed by atoms with Crippen molar-refractivity contribution in [2.24, 2.45) is 0 Å². The second-order valence-corrected chi connectivity index (χ2v) is 2.55. The first kappa shape index (κ1) is 11.0. The topological polar surface area (TPSA) is 63.0 Å². The first-order valence-electron chi connectivity index (χ1n) is 3.86. The van der Waals surface area contributed by atoms with Crippen molar-refractivity contribution < 1.29 is 18.3 Å². The average molecular weight is 212 g/mol. The summed E-state index contributed by atoms with van der Waals surface area (Å²) < 4.78 is 29.3. The number of alkyl halides is 2. The summed E-state index contributed by atoms with van der Waals surface area (Å²) in [4.78, 5) is 14.0. The highest BCUT2D eigenvalue weighted by Gasteiger charge is 2.17. The van der Waals surface area contributed by atoms with Crippen LogP contribution in [0.25, 0.3) is 0 Å². The van der Waals surface area contributed by atoms with Crippen LogP contribution >= 0.6 is 0 Å². The largest absolute Gasteiger partial charge is 0.480 e. The number of halogens is 2. The van der Waals surface area contributed by atoms with Gasteiger partial charge < -0.3 is 4.74 Å². The molecule has 0 radical (unpaired) electrons. The van der Waals surface area contributed by atoms with Gasteiger partial charge in [0.2, 0.25) is 5.88 Å². The third kappa shape index (κ3) is 2.07. The molecule has 0 aliphatic heterocycles. The molecule has 0 fully saturated rings. The van der Waals surface area contributed by atoms with E-state index in [0.717, 1.165) is 6.07 Å². The van der Waals surface area contributed by atoms with Crippen LogP contribution in [0.2, 0.25) is 0 Å². The van der Waals surface area contributed by atoms with E-state index in [0.29, 0.717) is 6.29 Å². The number of methoxy groups -OCH3 is 1. The molecule has 0 saturated heterocycles. The summed E-state index contributed by atoms with van der Waals surface area (Å²) in [6.07, 6.45) is -2.47. The van der Waals surface area contributed by atoms with Crippen LogP contribution in [-0.2, 0) is 0 Å². The van der Waals surface area contributed by atoms with E-state index in [2.05, 4.69) is 9.72 Å². The number of hydrogen-bond acceptors (Lipinski definition) is 4. The maximum absolute atomic E-state index is 12.3. The third-order valence-corrected chi connectivity index (χ3v) is 1.70. The number of nitriles is 1. The summed E-state index contributed by atoms with van der Waals surface area (Å²) in [6, 6.07) is 2.50. The molecule has 0 unspecified atom stereocenters. The number of carbonyl (C=O) groups excluding carboxylic acids is 1. The number of carbonyl (C=O) groups is 1. The Bertz CT molecular complexity index is 427. The second-order valence-electron chi connectivity index (χ2n) is 2.55. The lowest BCUT2D eigenvalue weighted by atomic mass is 10.1. The molecule has 1 aromatic rings. The third-order valence-electron chi connectivity index (χ3n) is 1.70. The van der Waals surface area contributed by atoms with Gasteiger partial charge in [0.05, 0.1) is 18.2 Å². The van der Waals surface area contributed by atoms with Crippen molar-refractivity contribution in [3.05, 3.63) is 22.9 Å². The monoisotopic (exact) mass is 212 g/mol. The van der Waals surface area contributed by atoms with Crippen molar-refractivity contribution in [1.29, 1.82) is 5.26 Å². The zero-order chi connectivity index (χ0) is 11.4. The Morgan fingerprint density at radius 1 is 1.67 bits per heavy atom. The predicted octanol–water partition coefficient (Wildman–Crippen LogP) is 1.71. The summed E-state index contributed by atoms with van der Waals surface area (Å²) in [7, 11) is 1.19. The maximum atomic E-state index is 12.3. The van der Waals surface area contributed by atoms with Gasteiger partial charge in [-0.3, -0.25) is 4.79 Å². The molecule has 0 spiro atoms. The van der Waals surface area contributed by atoms with Gasteiger partial charge in [-0.2, -0.15) is 5.26 Å². The minimum absolute atomic E-state index is 0.121. The van der Waals surface area contributed by atoms with Crippen molar-refractivity contribution >= 4 is 6.29 Å². The molecule has 78 valence electrons. The van der Waals surface area contributed by atoms with E-state index >= 15 is 0 Å². The second kappa shape index (κ2) is 4.46. The molecule has 0 saturated carbocycles. The van der Waals surface area contributed by atoms with Gasteiger partial charge >= 0.3 is 0 Å². The van der Waals surface area contributed by atoms with Crippen LogP contribution in [0.3, 0.4) is 0 Å². The van der Waals surface area contributed by atoms with Gasteiger partial charge in [-0.05, 0) is 6.07 Å². The molecular weight excluding hydrogens is 206 g/mol.